The molecule has 21 heavy (non-hydrogen) atoms. The lowest BCUT2D eigenvalue weighted by molar-refractivity contribution is 0.240. The number of nitrogens with one attached hydrogen (secondary N) is 1. The fourth-order valence-corrected chi connectivity index (χ4v) is 3.04. The highest BCUT2D eigenvalue weighted by Gasteiger charge is 2.24. The summed E-state index contributed by atoms with van der Waals surface area (Å²) >= 11 is 6.18. The molecule has 0 aliphatic carbocycles. The summed E-state index contributed by atoms with van der Waals surface area (Å²) in [4.78, 5) is 2.35. The van der Waals surface area contributed by atoms with Gasteiger partial charge in [-0.05, 0) is 63.8 Å². The smallest absolute Gasteiger partial charge is 0.0635 e. The number of piperidine rings is 1. The van der Waals surface area contributed by atoms with Crippen LogP contribution in [0.1, 0.15) is 45.6 Å². The maximum Gasteiger partial charge on any atom is 0.0635 e. The first-order valence-electron chi connectivity index (χ1n) is 7.81. The molecule has 0 radical (unpaired) electrons. The molecule has 118 valence electrons. The SMILES string of the molecule is CC(C)(C)NCc1cc(Cl)ccc1N1CCCCC1CO. The van der Waals surface area contributed by atoms with Gasteiger partial charge in [0.05, 0.1) is 12.6 Å². The van der Waals surface area contributed by atoms with E-state index in [0.717, 1.165) is 24.5 Å². The number of hydrogen-bond donors (Lipinski definition) is 2. The van der Waals surface area contributed by atoms with Crippen LogP contribution in [0.3, 0.4) is 0 Å². The Hall–Kier alpha value is -0.770. The van der Waals surface area contributed by atoms with Crippen molar-refractivity contribution in [2.24, 2.45) is 0 Å². The van der Waals surface area contributed by atoms with Gasteiger partial charge in [0, 0.05) is 29.3 Å². The molecule has 1 heterocycles. The van der Waals surface area contributed by atoms with Crippen LogP contribution in [0.2, 0.25) is 5.02 Å². The summed E-state index contributed by atoms with van der Waals surface area (Å²) in [6.45, 7) is 8.50. The first-order valence-corrected chi connectivity index (χ1v) is 8.19. The third-order valence-electron chi connectivity index (χ3n) is 4.00. The highest BCUT2D eigenvalue weighted by Crippen LogP contribution is 2.30. The summed E-state index contributed by atoms with van der Waals surface area (Å²) in [5.41, 5.74) is 2.48. The van der Waals surface area contributed by atoms with Gasteiger partial charge in [-0.2, -0.15) is 0 Å². The van der Waals surface area contributed by atoms with Gasteiger partial charge in [-0.25, -0.2) is 0 Å². The van der Waals surface area contributed by atoms with Gasteiger partial charge in [0.25, 0.3) is 0 Å². The summed E-state index contributed by atoms with van der Waals surface area (Å²) in [5, 5.41) is 13.9. The topological polar surface area (TPSA) is 35.5 Å². The van der Waals surface area contributed by atoms with Crippen LogP contribution in [0.5, 0.6) is 0 Å². The van der Waals surface area contributed by atoms with Crippen molar-refractivity contribution < 1.29 is 5.11 Å². The van der Waals surface area contributed by atoms with Crippen LogP contribution < -0.4 is 10.2 Å². The second-order valence-electron chi connectivity index (χ2n) is 6.90. The van der Waals surface area contributed by atoms with Gasteiger partial charge in [-0.3, -0.25) is 0 Å². The molecule has 1 saturated heterocycles. The number of aliphatic hydroxyl groups excluding tert-OH is 1. The van der Waals surface area contributed by atoms with Gasteiger partial charge >= 0.3 is 0 Å². The molecule has 2 rings (SSSR count). The number of anilines is 1. The van der Waals surface area contributed by atoms with Crippen LogP contribution in [0.4, 0.5) is 5.69 Å². The normalized spacial score (nSPS) is 19.9. The lowest BCUT2D eigenvalue weighted by Crippen LogP contribution is -2.43. The van der Waals surface area contributed by atoms with E-state index >= 15 is 0 Å². The number of aliphatic hydroxyl groups is 1. The molecule has 1 aliphatic heterocycles. The Morgan fingerprint density at radius 3 is 2.76 bits per heavy atom. The molecule has 0 bridgehead atoms. The minimum Gasteiger partial charge on any atom is -0.394 e. The second kappa shape index (κ2) is 6.99. The summed E-state index contributed by atoms with van der Waals surface area (Å²) < 4.78 is 0. The molecule has 4 heteroatoms. The van der Waals surface area contributed by atoms with Crippen LogP contribution in [0, 0.1) is 0 Å². The molecule has 0 aromatic heterocycles. The van der Waals surface area contributed by atoms with Gasteiger partial charge in [0.15, 0.2) is 0 Å². The summed E-state index contributed by atoms with van der Waals surface area (Å²) in [5.74, 6) is 0. The van der Waals surface area contributed by atoms with Crippen molar-refractivity contribution in [2.75, 3.05) is 18.1 Å². The van der Waals surface area contributed by atoms with Crippen LogP contribution in [-0.4, -0.2) is 29.8 Å². The Kier molecular flexibility index (Phi) is 5.53. The predicted molar refractivity (Wildman–Crippen MR) is 90.1 cm³/mol. The Morgan fingerprint density at radius 2 is 2.10 bits per heavy atom. The molecule has 1 aromatic carbocycles. The summed E-state index contributed by atoms with van der Waals surface area (Å²) in [6.07, 6.45) is 3.45. The van der Waals surface area contributed by atoms with E-state index in [0.29, 0.717) is 0 Å². The molecule has 1 unspecified atom stereocenters. The van der Waals surface area contributed by atoms with Gasteiger partial charge in [0.2, 0.25) is 0 Å². The molecule has 0 amide bonds. The summed E-state index contributed by atoms with van der Waals surface area (Å²) in [6, 6.07) is 6.31. The third kappa shape index (κ3) is 4.60. The lowest BCUT2D eigenvalue weighted by atomic mass is 10.00. The molecular weight excluding hydrogens is 284 g/mol. The minimum atomic E-state index is 0.0673. The van der Waals surface area contributed by atoms with Gasteiger partial charge in [0.1, 0.15) is 0 Å². The van der Waals surface area contributed by atoms with Crippen molar-refractivity contribution in [3.63, 3.8) is 0 Å². The average Bonchev–Trinajstić information content (AvgIpc) is 2.44. The van der Waals surface area contributed by atoms with E-state index in [4.69, 9.17) is 11.6 Å². The molecule has 1 atom stereocenters. The molecule has 2 N–H and O–H groups in total. The maximum absolute atomic E-state index is 9.64. The fourth-order valence-electron chi connectivity index (χ4n) is 2.84. The Bertz CT molecular complexity index is 470. The largest absolute Gasteiger partial charge is 0.394 e. The number of halogens is 1. The Morgan fingerprint density at radius 1 is 1.33 bits per heavy atom. The zero-order valence-electron chi connectivity index (χ0n) is 13.3. The van der Waals surface area contributed by atoms with Crippen LogP contribution >= 0.6 is 11.6 Å². The first kappa shape index (κ1) is 16.6. The first-order chi connectivity index (χ1) is 9.90. The third-order valence-corrected chi connectivity index (χ3v) is 4.23. The number of hydrogen-bond acceptors (Lipinski definition) is 3. The molecule has 1 fully saturated rings. The molecule has 3 nitrogen and oxygen atoms in total. The van der Waals surface area contributed by atoms with Crippen molar-refractivity contribution in [1.82, 2.24) is 5.32 Å². The molecule has 0 spiro atoms. The molecule has 1 aromatic rings. The highest BCUT2D eigenvalue weighted by molar-refractivity contribution is 6.30. The van der Waals surface area contributed by atoms with Crippen LogP contribution in [0.15, 0.2) is 18.2 Å². The average molecular weight is 311 g/mol. The van der Waals surface area contributed by atoms with E-state index in [1.165, 1.54) is 24.1 Å². The van der Waals surface area contributed by atoms with Crippen molar-refractivity contribution in [2.45, 2.75) is 58.2 Å². The summed E-state index contributed by atoms with van der Waals surface area (Å²) in [7, 11) is 0. The van der Waals surface area contributed by atoms with Gasteiger partial charge < -0.3 is 15.3 Å². The predicted octanol–water partition coefficient (Wildman–Crippen LogP) is 3.58. The highest BCUT2D eigenvalue weighted by atomic mass is 35.5. The van der Waals surface area contributed by atoms with Crippen molar-refractivity contribution in [3.05, 3.63) is 28.8 Å². The van der Waals surface area contributed by atoms with Crippen molar-refractivity contribution in [3.8, 4) is 0 Å². The monoisotopic (exact) mass is 310 g/mol. The zero-order chi connectivity index (χ0) is 15.5. The van der Waals surface area contributed by atoms with E-state index < -0.39 is 0 Å². The standard InChI is InChI=1S/C17H27ClN2O/c1-17(2,3)19-11-13-10-14(18)7-8-16(13)20-9-5-4-6-15(20)12-21/h7-8,10,15,19,21H,4-6,9,11-12H2,1-3H3. The van der Waals surface area contributed by atoms with E-state index in [9.17, 15) is 5.11 Å². The van der Waals surface area contributed by atoms with Gasteiger partial charge in [-0.15, -0.1) is 0 Å². The molecule has 1 aliphatic rings. The van der Waals surface area contributed by atoms with Gasteiger partial charge in [-0.1, -0.05) is 11.6 Å². The Labute approximate surface area is 133 Å². The van der Waals surface area contributed by atoms with Crippen LogP contribution in [-0.2, 0) is 6.54 Å². The van der Waals surface area contributed by atoms with Crippen LogP contribution in [0.25, 0.3) is 0 Å². The van der Waals surface area contributed by atoms with E-state index in [1.54, 1.807) is 0 Å². The Balaban J connectivity index is 2.25. The van der Waals surface area contributed by atoms with Crippen molar-refractivity contribution >= 4 is 17.3 Å². The van der Waals surface area contributed by atoms with E-state index in [2.05, 4.69) is 37.1 Å². The molecular formula is C17H27ClN2O. The number of rotatable bonds is 4. The van der Waals surface area contributed by atoms with E-state index in [1.807, 2.05) is 12.1 Å². The quantitative estimate of drug-likeness (QED) is 0.892. The fraction of sp³-hybridized carbons (Fsp3) is 0.647. The minimum absolute atomic E-state index is 0.0673. The zero-order valence-corrected chi connectivity index (χ0v) is 14.1. The van der Waals surface area contributed by atoms with Crippen molar-refractivity contribution in [1.29, 1.82) is 0 Å². The molecule has 0 saturated carbocycles. The lowest BCUT2D eigenvalue weighted by Gasteiger charge is -2.38. The van der Waals surface area contributed by atoms with E-state index in [-0.39, 0.29) is 18.2 Å². The number of benzene rings is 1. The second-order valence-corrected chi connectivity index (χ2v) is 7.34. The number of nitrogens with zero attached hydrogens (tertiary/aromatic N) is 1. The maximum atomic E-state index is 9.64.